The third kappa shape index (κ3) is 5.44. The number of rotatable bonds is 1. The average Bonchev–Trinajstić information content (AvgIpc) is 2.29. The van der Waals surface area contributed by atoms with Crippen molar-refractivity contribution in [3.8, 4) is 11.8 Å². The van der Waals surface area contributed by atoms with Gasteiger partial charge >= 0.3 is 0 Å². The Hall–Kier alpha value is -0.700. The van der Waals surface area contributed by atoms with E-state index in [1.54, 1.807) is 0 Å². The van der Waals surface area contributed by atoms with Gasteiger partial charge in [-0.3, -0.25) is 0 Å². The molecule has 0 nitrogen and oxygen atoms in total. The van der Waals surface area contributed by atoms with Gasteiger partial charge in [-0.05, 0) is 55.9 Å². The van der Waals surface area contributed by atoms with Gasteiger partial charge in [-0.1, -0.05) is 45.6 Å². The van der Waals surface area contributed by atoms with Gasteiger partial charge in [0.25, 0.3) is 0 Å². The molecule has 0 spiro atoms. The Balaban J connectivity index is 2.80. The fourth-order valence-electron chi connectivity index (χ4n) is 2.65. The SMILES string of the molecule is CC#CC1=CC(CC)CCCCC(C)(C)CC1. The maximum absolute atomic E-state index is 3.31. The Morgan fingerprint density at radius 2 is 2.06 bits per heavy atom. The summed E-state index contributed by atoms with van der Waals surface area (Å²) >= 11 is 0. The van der Waals surface area contributed by atoms with Gasteiger partial charge in [-0.25, -0.2) is 0 Å². The molecule has 1 aliphatic rings. The summed E-state index contributed by atoms with van der Waals surface area (Å²) < 4.78 is 0. The third-order valence-electron chi connectivity index (χ3n) is 4.00. The van der Waals surface area contributed by atoms with E-state index >= 15 is 0 Å². The van der Waals surface area contributed by atoms with Gasteiger partial charge in [0.15, 0.2) is 0 Å². The zero-order valence-corrected chi connectivity index (χ0v) is 12.1. The molecule has 1 aliphatic carbocycles. The van der Waals surface area contributed by atoms with Crippen LogP contribution >= 0.6 is 0 Å². The molecular formula is C17H28. The van der Waals surface area contributed by atoms with Crippen molar-refractivity contribution in [2.24, 2.45) is 11.3 Å². The van der Waals surface area contributed by atoms with Crippen LogP contribution in [0, 0.1) is 23.2 Å². The van der Waals surface area contributed by atoms with Crippen LogP contribution in [0.15, 0.2) is 11.6 Å². The van der Waals surface area contributed by atoms with Crippen molar-refractivity contribution in [1.29, 1.82) is 0 Å². The summed E-state index contributed by atoms with van der Waals surface area (Å²) in [6.07, 6.45) is 11.7. The van der Waals surface area contributed by atoms with E-state index in [1.165, 1.54) is 50.5 Å². The van der Waals surface area contributed by atoms with Crippen molar-refractivity contribution in [3.05, 3.63) is 11.6 Å². The van der Waals surface area contributed by atoms with Crippen molar-refractivity contribution in [3.63, 3.8) is 0 Å². The summed E-state index contributed by atoms with van der Waals surface area (Å²) in [4.78, 5) is 0. The molecule has 0 heteroatoms. The van der Waals surface area contributed by atoms with E-state index in [2.05, 4.69) is 38.7 Å². The first-order chi connectivity index (χ1) is 8.07. The molecular weight excluding hydrogens is 204 g/mol. The van der Waals surface area contributed by atoms with E-state index < -0.39 is 0 Å². The maximum Gasteiger partial charge on any atom is -0.00167 e. The van der Waals surface area contributed by atoms with Crippen LogP contribution in [0.2, 0.25) is 0 Å². The molecule has 0 saturated heterocycles. The Labute approximate surface area is 108 Å². The monoisotopic (exact) mass is 232 g/mol. The predicted molar refractivity (Wildman–Crippen MR) is 76.8 cm³/mol. The zero-order valence-electron chi connectivity index (χ0n) is 12.1. The largest absolute Gasteiger partial charge is 0.102 e. The second kappa shape index (κ2) is 6.90. The molecule has 0 heterocycles. The summed E-state index contributed by atoms with van der Waals surface area (Å²) in [7, 11) is 0. The maximum atomic E-state index is 3.31. The fraction of sp³-hybridized carbons (Fsp3) is 0.765. The van der Waals surface area contributed by atoms with Gasteiger partial charge in [0, 0.05) is 0 Å². The van der Waals surface area contributed by atoms with Crippen molar-refractivity contribution < 1.29 is 0 Å². The van der Waals surface area contributed by atoms with E-state index in [0.29, 0.717) is 5.41 Å². The topological polar surface area (TPSA) is 0 Å². The smallest absolute Gasteiger partial charge is 0.00167 e. The van der Waals surface area contributed by atoms with Crippen molar-refractivity contribution in [2.75, 3.05) is 0 Å². The van der Waals surface area contributed by atoms with Crippen molar-refractivity contribution in [2.45, 2.75) is 72.6 Å². The van der Waals surface area contributed by atoms with Crippen LogP contribution in [0.3, 0.4) is 0 Å². The first-order valence-corrected chi connectivity index (χ1v) is 7.21. The molecule has 96 valence electrons. The van der Waals surface area contributed by atoms with Crippen LogP contribution < -0.4 is 0 Å². The molecule has 1 atom stereocenters. The van der Waals surface area contributed by atoms with Crippen molar-refractivity contribution in [1.82, 2.24) is 0 Å². The average molecular weight is 232 g/mol. The molecule has 17 heavy (non-hydrogen) atoms. The fourth-order valence-corrected chi connectivity index (χ4v) is 2.65. The van der Waals surface area contributed by atoms with Gasteiger partial charge in [0.1, 0.15) is 0 Å². The summed E-state index contributed by atoms with van der Waals surface area (Å²) in [5.41, 5.74) is 1.88. The molecule has 1 unspecified atom stereocenters. The van der Waals surface area contributed by atoms with Crippen LogP contribution in [-0.2, 0) is 0 Å². The highest BCUT2D eigenvalue weighted by atomic mass is 14.2. The van der Waals surface area contributed by atoms with Gasteiger partial charge < -0.3 is 0 Å². The van der Waals surface area contributed by atoms with Crippen LogP contribution in [-0.4, -0.2) is 0 Å². The molecule has 0 bridgehead atoms. The highest BCUT2D eigenvalue weighted by Crippen LogP contribution is 2.33. The summed E-state index contributed by atoms with van der Waals surface area (Å²) in [6, 6.07) is 0. The molecule has 0 saturated carbocycles. The number of hydrogen-bond donors (Lipinski definition) is 0. The first-order valence-electron chi connectivity index (χ1n) is 7.21. The summed E-state index contributed by atoms with van der Waals surface area (Å²) in [5, 5.41) is 0. The standard InChI is InChI=1S/C17H28/c1-5-9-16-11-13-17(3,4)12-8-7-10-15(6-2)14-16/h14-15H,6-8,10-13H2,1-4H3. The third-order valence-corrected chi connectivity index (χ3v) is 4.00. The molecule has 0 N–H and O–H groups in total. The normalized spacial score (nSPS) is 25.4. The Morgan fingerprint density at radius 3 is 2.71 bits per heavy atom. The lowest BCUT2D eigenvalue weighted by molar-refractivity contribution is 0.289. The van der Waals surface area contributed by atoms with Gasteiger partial charge in [0.2, 0.25) is 0 Å². The zero-order chi connectivity index (χ0) is 12.7. The highest BCUT2D eigenvalue weighted by Gasteiger charge is 2.19. The Bertz CT molecular complexity index is 309. The minimum atomic E-state index is 0.494. The second-order valence-electron chi connectivity index (χ2n) is 6.15. The van der Waals surface area contributed by atoms with Gasteiger partial charge in [-0.15, -0.1) is 5.92 Å². The molecule has 0 aliphatic heterocycles. The Morgan fingerprint density at radius 1 is 1.29 bits per heavy atom. The molecule has 0 aromatic rings. The molecule has 1 rings (SSSR count). The number of hydrogen-bond acceptors (Lipinski definition) is 0. The molecule has 0 amide bonds. The van der Waals surface area contributed by atoms with Crippen LogP contribution in [0.4, 0.5) is 0 Å². The quantitative estimate of drug-likeness (QED) is 0.535. The molecule has 0 aromatic heterocycles. The minimum absolute atomic E-state index is 0.494. The Kier molecular flexibility index (Phi) is 5.83. The lowest BCUT2D eigenvalue weighted by atomic mass is 9.79. The van der Waals surface area contributed by atoms with Gasteiger partial charge in [0.05, 0.1) is 0 Å². The first kappa shape index (κ1) is 14.4. The van der Waals surface area contributed by atoms with Gasteiger partial charge in [-0.2, -0.15) is 0 Å². The van der Waals surface area contributed by atoms with E-state index in [4.69, 9.17) is 0 Å². The van der Waals surface area contributed by atoms with E-state index in [9.17, 15) is 0 Å². The van der Waals surface area contributed by atoms with E-state index in [1.807, 2.05) is 6.92 Å². The van der Waals surface area contributed by atoms with Crippen molar-refractivity contribution >= 4 is 0 Å². The lowest BCUT2D eigenvalue weighted by Crippen LogP contribution is -2.13. The molecule has 0 radical (unpaired) electrons. The lowest BCUT2D eigenvalue weighted by Gasteiger charge is -2.26. The second-order valence-corrected chi connectivity index (χ2v) is 6.15. The van der Waals surface area contributed by atoms with Crippen LogP contribution in [0.1, 0.15) is 72.6 Å². The van der Waals surface area contributed by atoms with E-state index in [0.717, 1.165) is 5.92 Å². The molecule has 0 fully saturated rings. The highest BCUT2D eigenvalue weighted by molar-refractivity contribution is 5.28. The summed E-state index contributed by atoms with van der Waals surface area (Å²) in [5.74, 6) is 7.15. The van der Waals surface area contributed by atoms with Crippen LogP contribution in [0.25, 0.3) is 0 Å². The minimum Gasteiger partial charge on any atom is -0.102 e. The van der Waals surface area contributed by atoms with E-state index in [-0.39, 0.29) is 0 Å². The number of allylic oxidation sites excluding steroid dienone is 2. The molecule has 0 aromatic carbocycles. The predicted octanol–water partition coefficient (Wildman–Crippen LogP) is 5.34. The van der Waals surface area contributed by atoms with Crippen LogP contribution in [0.5, 0.6) is 0 Å². The summed E-state index contributed by atoms with van der Waals surface area (Å²) in [6.45, 7) is 9.06.